The number of aryl methyl sites for hydroxylation is 2. The number of benzene rings is 2. The van der Waals surface area contributed by atoms with Gasteiger partial charge in [0.1, 0.15) is 0 Å². The molecule has 4 rings (SSSR count). The number of aliphatic hydroxyl groups is 1. The number of hydrogen-bond acceptors (Lipinski definition) is 4. The lowest BCUT2D eigenvalue weighted by molar-refractivity contribution is 0.0753. The molecule has 160 valence electrons. The molecule has 1 amide bonds. The fraction of sp³-hybridized carbons (Fsp3) is 0.480. The van der Waals surface area contributed by atoms with Gasteiger partial charge in [0.2, 0.25) is 0 Å². The number of nitrogens with two attached hydrogens (primary N) is 1. The molecule has 0 aliphatic carbocycles. The molecule has 2 saturated heterocycles. The van der Waals surface area contributed by atoms with Crippen LogP contribution < -0.4 is 5.73 Å². The minimum Gasteiger partial charge on any atom is -0.395 e. The average Bonchev–Trinajstić information content (AvgIpc) is 3.31. The van der Waals surface area contributed by atoms with Gasteiger partial charge in [-0.05, 0) is 48.8 Å². The first kappa shape index (κ1) is 21.0. The van der Waals surface area contributed by atoms with Gasteiger partial charge in [0.05, 0.1) is 6.61 Å². The predicted octanol–water partition coefficient (Wildman–Crippen LogP) is 2.76. The summed E-state index contributed by atoms with van der Waals surface area (Å²) in [5.41, 5.74) is 10.5. The summed E-state index contributed by atoms with van der Waals surface area (Å²) >= 11 is 0. The molecule has 2 aliphatic rings. The average molecular weight is 408 g/mol. The highest BCUT2D eigenvalue weighted by Crippen LogP contribution is 2.34. The minimum absolute atomic E-state index is 0.0635. The number of nitrogens with zero attached hydrogens (tertiary/aromatic N) is 2. The number of rotatable bonds is 6. The molecule has 4 atom stereocenters. The smallest absolute Gasteiger partial charge is 0.254 e. The molecule has 0 saturated carbocycles. The number of fused-ring (bicyclic) bond motifs is 1. The SMILES string of the molecule is Cc1cccc(C)c1C(=O)N1CC2CN(C(CO)CC(N)c3ccccc3)CC2C1. The van der Waals surface area contributed by atoms with Crippen LogP contribution in [0.15, 0.2) is 48.5 Å². The molecule has 2 heterocycles. The number of likely N-dealkylation sites (tertiary alicyclic amines) is 2. The van der Waals surface area contributed by atoms with Crippen molar-refractivity contribution in [1.29, 1.82) is 0 Å². The van der Waals surface area contributed by atoms with Gasteiger partial charge >= 0.3 is 0 Å². The lowest BCUT2D eigenvalue weighted by Crippen LogP contribution is -2.41. The van der Waals surface area contributed by atoms with Crippen LogP contribution in [0.25, 0.3) is 0 Å². The van der Waals surface area contributed by atoms with Crippen LogP contribution in [0.2, 0.25) is 0 Å². The number of carbonyl (C=O) groups excluding carboxylic acids is 1. The Labute approximate surface area is 179 Å². The zero-order valence-electron chi connectivity index (χ0n) is 18.0. The maximum atomic E-state index is 13.1. The lowest BCUT2D eigenvalue weighted by Gasteiger charge is -2.30. The Morgan fingerprint density at radius 3 is 2.17 bits per heavy atom. The summed E-state index contributed by atoms with van der Waals surface area (Å²) in [6, 6.07) is 16.1. The van der Waals surface area contributed by atoms with E-state index >= 15 is 0 Å². The van der Waals surface area contributed by atoms with E-state index in [0.717, 1.165) is 54.9 Å². The molecular formula is C25H33N3O2. The molecule has 0 aromatic heterocycles. The van der Waals surface area contributed by atoms with E-state index in [1.165, 1.54) is 0 Å². The van der Waals surface area contributed by atoms with Crippen LogP contribution in [-0.4, -0.2) is 59.6 Å². The molecule has 2 fully saturated rings. The van der Waals surface area contributed by atoms with E-state index in [2.05, 4.69) is 17.0 Å². The van der Waals surface area contributed by atoms with Crippen molar-refractivity contribution in [3.05, 3.63) is 70.8 Å². The summed E-state index contributed by atoms with van der Waals surface area (Å²) < 4.78 is 0. The normalized spacial score (nSPS) is 23.4. The summed E-state index contributed by atoms with van der Waals surface area (Å²) in [4.78, 5) is 17.6. The van der Waals surface area contributed by atoms with Gasteiger partial charge in [-0.3, -0.25) is 9.69 Å². The minimum atomic E-state index is -0.0779. The first-order valence-electron chi connectivity index (χ1n) is 11.0. The fourth-order valence-electron chi connectivity index (χ4n) is 5.27. The van der Waals surface area contributed by atoms with Crippen molar-refractivity contribution < 1.29 is 9.90 Å². The molecule has 0 bridgehead atoms. The van der Waals surface area contributed by atoms with Crippen LogP contribution in [0.5, 0.6) is 0 Å². The number of aliphatic hydroxyl groups excluding tert-OH is 1. The molecule has 0 radical (unpaired) electrons. The molecule has 2 aromatic carbocycles. The topological polar surface area (TPSA) is 69.8 Å². The molecule has 3 N–H and O–H groups in total. The van der Waals surface area contributed by atoms with Gasteiger partial charge in [0.25, 0.3) is 5.91 Å². The molecule has 2 aliphatic heterocycles. The van der Waals surface area contributed by atoms with Crippen LogP contribution in [0, 0.1) is 25.7 Å². The summed E-state index contributed by atoms with van der Waals surface area (Å²) in [6.07, 6.45) is 0.741. The highest BCUT2D eigenvalue weighted by atomic mass is 16.3. The van der Waals surface area contributed by atoms with Crippen LogP contribution in [0.4, 0.5) is 0 Å². The van der Waals surface area contributed by atoms with E-state index in [1.54, 1.807) is 0 Å². The molecule has 5 nitrogen and oxygen atoms in total. The quantitative estimate of drug-likeness (QED) is 0.773. The van der Waals surface area contributed by atoms with Crippen molar-refractivity contribution in [3.8, 4) is 0 Å². The Hall–Kier alpha value is -2.21. The van der Waals surface area contributed by atoms with E-state index in [1.807, 2.05) is 55.1 Å². The standard InChI is InChI=1S/C25H33N3O2/c1-17-7-6-8-18(2)24(17)25(30)28-14-20-12-27(13-21(20)15-28)22(16-29)11-23(26)19-9-4-3-5-10-19/h3-10,20-23,29H,11-16,26H2,1-2H3. The van der Waals surface area contributed by atoms with Gasteiger partial charge in [-0.25, -0.2) is 0 Å². The first-order valence-corrected chi connectivity index (χ1v) is 11.0. The second-order valence-electron chi connectivity index (χ2n) is 9.04. The maximum Gasteiger partial charge on any atom is 0.254 e. The van der Waals surface area contributed by atoms with Crippen molar-refractivity contribution in [3.63, 3.8) is 0 Å². The third-order valence-electron chi connectivity index (χ3n) is 6.98. The maximum absolute atomic E-state index is 13.1. The van der Waals surface area contributed by atoms with Crippen molar-refractivity contribution in [1.82, 2.24) is 9.80 Å². The largest absolute Gasteiger partial charge is 0.395 e. The molecular weight excluding hydrogens is 374 g/mol. The van der Waals surface area contributed by atoms with Gasteiger partial charge in [-0.1, -0.05) is 48.5 Å². The highest BCUT2D eigenvalue weighted by molar-refractivity contribution is 5.97. The Morgan fingerprint density at radius 2 is 1.60 bits per heavy atom. The van der Waals surface area contributed by atoms with Gasteiger partial charge in [-0.15, -0.1) is 0 Å². The monoisotopic (exact) mass is 407 g/mol. The number of hydrogen-bond donors (Lipinski definition) is 2. The second-order valence-corrected chi connectivity index (χ2v) is 9.04. The van der Waals surface area contributed by atoms with Crippen molar-refractivity contribution in [2.75, 3.05) is 32.8 Å². The zero-order valence-corrected chi connectivity index (χ0v) is 18.0. The third kappa shape index (κ3) is 4.15. The first-order chi connectivity index (χ1) is 14.5. The Balaban J connectivity index is 1.37. The fourth-order valence-corrected chi connectivity index (χ4v) is 5.27. The lowest BCUT2D eigenvalue weighted by atomic mass is 9.99. The van der Waals surface area contributed by atoms with Gasteiger partial charge in [0, 0.05) is 43.8 Å². The molecule has 4 unspecified atom stereocenters. The van der Waals surface area contributed by atoms with Gasteiger partial charge < -0.3 is 15.7 Å². The molecule has 30 heavy (non-hydrogen) atoms. The van der Waals surface area contributed by atoms with Crippen molar-refractivity contribution in [2.24, 2.45) is 17.6 Å². The molecule has 5 heteroatoms. The molecule has 2 aromatic rings. The van der Waals surface area contributed by atoms with E-state index in [0.29, 0.717) is 11.8 Å². The van der Waals surface area contributed by atoms with E-state index in [4.69, 9.17) is 5.73 Å². The number of carbonyl (C=O) groups is 1. The highest BCUT2D eigenvalue weighted by Gasteiger charge is 2.43. The summed E-state index contributed by atoms with van der Waals surface area (Å²) in [5, 5.41) is 10.0. The van der Waals surface area contributed by atoms with Crippen molar-refractivity contribution in [2.45, 2.75) is 32.4 Å². The summed E-state index contributed by atoms with van der Waals surface area (Å²) in [7, 11) is 0. The number of amides is 1. The van der Waals surface area contributed by atoms with Gasteiger partial charge in [0.15, 0.2) is 0 Å². The van der Waals surface area contributed by atoms with Crippen LogP contribution in [0.3, 0.4) is 0 Å². The van der Waals surface area contributed by atoms with Gasteiger partial charge in [-0.2, -0.15) is 0 Å². The second kappa shape index (κ2) is 8.88. The van der Waals surface area contributed by atoms with Crippen LogP contribution in [0.1, 0.15) is 39.5 Å². The van der Waals surface area contributed by atoms with E-state index in [9.17, 15) is 9.90 Å². The van der Waals surface area contributed by atoms with E-state index in [-0.39, 0.29) is 24.6 Å². The summed E-state index contributed by atoms with van der Waals surface area (Å²) in [6.45, 7) is 7.60. The third-order valence-corrected chi connectivity index (χ3v) is 6.98. The van der Waals surface area contributed by atoms with Crippen LogP contribution in [-0.2, 0) is 0 Å². The summed E-state index contributed by atoms with van der Waals surface area (Å²) in [5.74, 6) is 1.11. The Kier molecular flexibility index (Phi) is 6.23. The predicted molar refractivity (Wildman–Crippen MR) is 119 cm³/mol. The van der Waals surface area contributed by atoms with Crippen molar-refractivity contribution >= 4 is 5.91 Å². The Morgan fingerprint density at radius 1 is 1.00 bits per heavy atom. The zero-order chi connectivity index (χ0) is 21.3. The van der Waals surface area contributed by atoms with E-state index < -0.39 is 0 Å². The van der Waals surface area contributed by atoms with Crippen LogP contribution >= 0.6 is 0 Å². The Bertz CT molecular complexity index is 851. The molecule has 0 spiro atoms.